The summed E-state index contributed by atoms with van der Waals surface area (Å²) in [4.78, 5) is 8.11. The third kappa shape index (κ3) is 2.14. The van der Waals surface area contributed by atoms with E-state index in [0.29, 0.717) is 15.9 Å². The van der Waals surface area contributed by atoms with Gasteiger partial charge in [-0.25, -0.2) is 9.97 Å². The fourth-order valence-electron chi connectivity index (χ4n) is 1.39. The van der Waals surface area contributed by atoms with Gasteiger partial charge in [-0.15, -0.1) is 11.6 Å². The van der Waals surface area contributed by atoms with Crippen molar-refractivity contribution < 1.29 is 0 Å². The highest BCUT2D eigenvalue weighted by Gasteiger charge is 2.11. The lowest BCUT2D eigenvalue weighted by Crippen LogP contribution is -1.93. The summed E-state index contributed by atoms with van der Waals surface area (Å²) in [6.45, 7) is 0. The normalized spacial score (nSPS) is 10.4. The van der Waals surface area contributed by atoms with Crippen LogP contribution < -0.4 is 0 Å². The summed E-state index contributed by atoms with van der Waals surface area (Å²) in [5.74, 6) is 0.332. The molecule has 1 aromatic heterocycles. The Morgan fingerprint density at radius 2 is 2.00 bits per heavy atom. The van der Waals surface area contributed by atoms with Crippen LogP contribution in [0.25, 0.3) is 11.3 Å². The predicted octanol–water partition coefficient (Wildman–Crippen LogP) is 4.19. The summed E-state index contributed by atoms with van der Waals surface area (Å²) in [6, 6.07) is 5.41. The van der Waals surface area contributed by atoms with Crippen molar-refractivity contribution in [3.63, 3.8) is 0 Å². The molecule has 2 rings (SSSR count). The second-order valence-electron chi connectivity index (χ2n) is 3.13. The van der Waals surface area contributed by atoms with Crippen LogP contribution in [0.15, 0.2) is 30.7 Å². The van der Waals surface area contributed by atoms with Gasteiger partial charge in [0.25, 0.3) is 0 Å². The van der Waals surface area contributed by atoms with Gasteiger partial charge in [0, 0.05) is 17.3 Å². The van der Waals surface area contributed by atoms with Crippen LogP contribution in [-0.4, -0.2) is 9.97 Å². The molecule has 5 heteroatoms. The number of hydrogen-bond donors (Lipinski definition) is 0. The zero-order valence-corrected chi connectivity index (χ0v) is 10.4. The topological polar surface area (TPSA) is 25.8 Å². The molecule has 0 radical (unpaired) electrons. The molecule has 0 saturated carbocycles. The molecule has 0 aliphatic heterocycles. The zero-order chi connectivity index (χ0) is 11.5. The first kappa shape index (κ1) is 11.6. The van der Waals surface area contributed by atoms with Gasteiger partial charge in [0.1, 0.15) is 6.33 Å². The van der Waals surface area contributed by atoms with E-state index in [4.69, 9.17) is 34.8 Å². The van der Waals surface area contributed by atoms with Crippen LogP contribution in [0.1, 0.15) is 5.56 Å². The third-order valence-corrected chi connectivity index (χ3v) is 3.25. The van der Waals surface area contributed by atoms with Crippen molar-refractivity contribution >= 4 is 34.8 Å². The second kappa shape index (κ2) is 5.00. The van der Waals surface area contributed by atoms with Gasteiger partial charge in [0.05, 0.1) is 21.6 Å². The van der Waals surface area contributed by atoms with Crippen molar-refractivity contribution in [2.75, 3.05) is 0 Å². The van der Waals surface area contributed by atoms with Crippen molar-refractivity contribution in [2.24, 2.45) is 0 Å². The minimum absolute atomic E-state index is 0.332. The van der Waals surface area contributed by atoms with E-state index in [9.17, 15) is 0 Å². The predicted molar refractivity (Wildman–Crippen MR) is 67.0 cm³/mol. The minimum Gasteiger partial charge on any atom is -0.244 e. The zero-order valence-electron chi connectivity index (χ0n) is 8.12. The van der Waals surface area contributed by atoms with Crippen LogP contribution in [0.4, 0.5) is 0 Å². The van der Waals surface area contributed by atoms with Gasteiger partial charge in [-0.3, -0.25) is 0 Å². The quantitative estimate of drug-likeness (QED) is 0.767. The highest BCUT2D eigenvalue weighted by Crippen LogP contribution is 2.33. The Balaban J connectivity index is 2.63. The molecule has 0 atom stereocenters. The van der Waals surface area contributed by atoms with Crippen molar-refractivity contribution in [3.8, 4) is 11.3 Å². The van der Waals surface area contributed by atoms with E-state index < -0.39 is 0 Å². The summed E-state index contributed by atoms with van der Waals surface area (Å²) in [7, 11) is 0. The third-order valence-electron chi connectivity index (χ3n) is 2.14. The molecule has 0 amide bonds. The Bertz CT molecular complexity index is 514. The summed E-state index contributed by atoms with van der Waals surface area (Å²) < 4.78 is 0. The van der Waals surface area contributed by atoms with Gasteiger partial charge in [0.2, 0.25) is 0 Å². The van der Waals surface area contributed by atoms with Gasteiger partial charge in [0.15, 0.2) is 0 Å². The van der Waals surface area contributed by atoms with E-state index in [0.717, 1.165) is 16.8 Å². The van der Waals surface area contributed by atoms with Crippen LogP contribution in [0.3, 0.4) is 0 Å². The fraction of sp³-hybridized carbons (Fsp3) is 0.0909. The Kier molecular flexibility index (Phi) is 3.64. The number of rotatable bonds is 2. The van der Waals surface area contributed by atoms with E-state index in [1.165, 1.54) is 6.33 Å². The molecule has 1 aromatic carbocycles. The van der Waals surface area contributed by atoms with Crippen LogP contribution in [0, 0.1) is 0 Å². The maximum absolute atomic E-state index is 6.12. The highest BCUT2D eigenvalue weighted by atomic mass is 35.5. The van der Waals surface area contributed by atoms with Crippen LogP contribution >= 0.6 is 34.8 Å². The molecule has 0 fully saturated rings. The van der Waals surface area contributed by atoms with Crippen LogP contribution in [-0.2, 0) is 5.88 Å². The number of aromatic nitrogens is 2. The molecule has 0 bridgehead atoms. The monoisotopic (exact) mass is 272 g/mol. The molecule has 82 valence electrons. The molecule has 1 heterocycles. The summed E-state index contributed by atoms with van der Waals surface area (Å²) in [5.41, 5.74) is 2.32. The number of hydrogen-bond acceptors (Lipinski definition) is 2. The van der Waals surface area contributed by atoms with Gasteiger partial charge in [-0.2, -0.15) is 0 Å². The van der Waals surface area contributed by atoms with Crippen molar-refractivity contribution in [1.82, 2.24) is 9.97 Å². The lowest BCUT2D eigenvalue weighted by atomic mass is 10.1. The van der Waals surface area contributed by atoms with E-state index >= 15 is 0 Å². The standard InChI is InChI=1S/C11H7Cl3N2/c12-4-7-5-15-6-16-11(7)8-2-1-3-9(13)10(8)14/h1-3,5-6H,4H2. The molecule has 0 saturated heterocycles. The first-order valence-corrected chi connectivity index (χ1v) is 5.82. The molecule has 0 unspecified atom stereocenters. The number of nitrogens with zero attached hydrogens (tertiary/aromatic N) is 2. The average molecular weight is 274 g/mol. The van der Waals surface area contributed by atoms with Crippen molar-refractivity contribution in [2.45, 2.75) is 5.88 Å². The van der Waals surface area contributed by atoms with Gasteiger partial charge < -0.3 is 0 Å². The fourth-order valence-corrected chi connectivity index (χ4v) is 1.97. The Hall–Kier alpha value is -0.830. The molecular formula is C11H7Cl3N2. The molecule has 0 aliphatic carbocycles. The average Bonchev–Trinajstić information content (AvgIpc) is 2.33. The first-order valence-electron chi connectivity index (χ1n) is 4.53. The largest absolute Gasteiger partial charge is 0.244 e. The maximum Gasteiger partial charge on any atom is 0.116 e. The lowest BCUT2D eigenvalue weighted by Gasteiger charge is -2.07. The SMILES string of the molecule is ClCc1cncnc1-c1cccc(Cl)c1Cl. The molecular weight excluding hydrogens is 266 g/mol. The molecule has 2 aromatic rings. The maximum atomic E-state index is 6.12. The molecule has 16 heavy (non-hydrogen) atoms. The second-order valence-corrected chi connectivity index (χ2v) is 4.18. The van der Waals surface area contributed by atoms with Gasteiger partial charge in [-0.05, 0) is 6.07 Å². The van der Waals surface area contributed by atoms with Crippen LogP contribution in [0.2, 0.25) is 10.0 Å². The minimum atomic E-state index is 0.332. The molecule has 0 spiro atoms. The number of halogens is 3. The Labute approximate surface area is 108 Å². The number of alkyl halides is 1. The first-order chi connectivity index (χ1) is 7.74. The Morgan fingerprint density at radius 3 is 2.75 bits per heavy atom. The molecule has 2 nitrogen and oxygen atoms in total. The number of benzene rings is 1. The summed E-state index contributed by atoms with van der Waals surface area (Å²) in [6.07, 6.45) is 3.13. The van der Waals surface area contributed by atoms with E-state index in [1.54, 1.807) is 12.3 Å². The van der Waals surface area contributed by atoms with E-state index in [2.05, 4.69) is 9.97 Å². The molecule has 0 N–H and O–H groups in total. The summed E-state index contributed by atoms with van der Waals surface area (Å²) >= 11 is 17.9. The van der Waals surface area contributed by atoms with Gasteiger partial charge >= 0.3 is 0 Å². The lowest BCUT2D eigenvalue weighted by molar-refractivity contribution is 1.12. The van der Waals surface area contributed by atoms with E-state index in [1.807, 2.05) is 12.1 Å². The van der Waals surface area contributed by atoms with Crippen molar-refractivity contribution in [3.05, 3.63) is 46.3 Å². The van der Waals surface area contributed by atoms with Crippen molar-refractivity contribution in [1.29, 1.82) is 0 Å². The van der Waals surface area contributed by atoms with E-state index in [-0.39, 0.29) is 0 Å². The highest BCUT2D eigenvalue weighted by molar-refractivity contribution is 6.43. The van der Waals surface area contributed by atoms with Crippen LogP contribution in [0.5, 0.6) is 0 Å². The summed E-state index contributed by atoms with van der Waals surface area (Å²) in [5, 5.41) is 0.979. The Morgan fingerprint density at radius 1 is 1.19 bits per heavy atom. The smallest absolute Gasteiger partial charge is 0.116 e. The molecule has 0 aliphatic rings. The van der Waals surface area contributed by atoms with Gasteiger partial charge in [-0.1, -0.05) is 35.3 Å².